The van der Waals surface area contributed by atoms with E-state index >= 15 is 0 Å². The largest absolute Gasteiger partial charge is 0.380 e. The van der Waals surface area contributed by atoms with Crippen molar-refractivity contribution in [1.29, 1.82) is 0 Å². The number of methoxy groups -OCH3 is 1. The van der Waals surface area contributed by atoms with Crippen LogP contribution in [0.4, 0.5) is 0 Å². The number of ether oxygens (including phenoxy) is 1. The topological polar surface area (TPSA) is 111 Å². The number of imidazole rings is 1. The van der Waals surface area contributed by atoms with Crippen LogP contribution in [-0.2, 0) is 42.2 Å². The first kappa shape index (κ1) is 25.4. The number of rotatable bonds is 12. The zero-order valence-electron chi connectivity index (χ0n) is 20.5. The second-order valence-electron chi connectivity index (χ2n) is 9.00. The summed E-state index contributed by atoms with van der Waals surface area (Å²) in [5.74, 6) is 0.812. The number of aromatic amines is 1. The molecule has 0 saturated carbocycles. The smallest absolute Gasteiger partial charge is 0.330 e. The minimum Gasteiger partial charge on any atom is -0.380 e. The van der Waals surface area contributed by atoms with Gasteiger partial charge in [0.05, 0.1) is 6.61 Å². The molecule has 9 nitrogen and oxygen atoms in total. The zero-order valence-corrected chi connectivity index (χ0v) is 20.5. The fraction of sp³-hybridized carbons (Fsp3) is 0.520. The van der Waals surface area contributed by atoms with E-state index < -0.39 is 11.2 Å². The molecule has 1 aromatic carbocycles. The molecule has 1 amide bonds. The summed E-state index contributed by atoms with van der Waals surface area (Å²) in [6.07, 6.45) is 2.34. The summed E-state index contributed by atoms with van der Waals surface area (Å²) in [6.45, 7) is 8.22. The van der Waals surface area contributed by atoms with Gasteiger partial charge in [0.25, 0.3) is 5.56 Å². The Kier molecular flexibility index (Phi) is 8.81. The summed E-state index contributed by atoms with van der Waals surface area (Å²) in [4.78, 5) is 44.8. The molecule has 2 heterocycles. The summed E-state index contributed by atoms with van der Waals surface area (Å²) in [6, 6.07) is 7.90. The second kappa shape index (κ2) is 11.8. The third-order valence-electron chi connectivity index (χ3n) is 5.65. The van der Waals surface area contributed by atoms with Crippen LogP contribution in [0.5, 0.6) is 0 Å². The van der Waals surface area contributed by atoms with Crippen LogP contribution in [0.25, 0.3) is 11.2 Å². The molecular weight excluding hydrogens is 434 g/mol. The molecule has 2 N–H and O–H groups in total. The number of hydrogen-bond donors (Lipinski definition) is 2. The lowest BCUT2D eigenvalue weighted by atomic mass is 10.1. The van der Waals surface area contributed by atoms with Crippen LogP contribution >= 0.6 is 0 Å². The minimum atomic E-state index is -0.444. The van der Waals surface area contributed by atoms with E-state index in [1.807, 2.05) is 35.8 Å². The van der Waals surface area contributed by atoms with Crippen LogP contribution in [0, 0.1) is 5.92 Å². The van der Waals surface area contributed by atoms with Crippen molar-refractivity contribution < 1.29 is 9.53 Å². The van der Waals surface area contributed by atoms with E-state index in [-0.39, 0.29) is 18.2 Å². The summed E-state index contributed by atoms with van der Waals surface area (Å²) < 4.78 is 8.52. The van der Waals surface area contributed by atoms with E-state index in [0.717, 1.165) is 24.0 Å². The van der Waals surface area contributed by atoms with Gasteiger partial charge in [0.2, 0.25) is 5.91 Å². The number of nitrogens with one attached hydrogen (secondary N) is 2. The number of nitrogens with zero attached hydrogens (tertiary/aromatic N) is 3. The van der Waals surface area contributed by atoms with Crippen LogP contribution in [0.3, 0.4) is 0 Å². The van der Waals surface area contributed by atoms with Crippen molar-refractivity contribution in [3.05, 3.63) is 62.1 Å². The summed E-state index contributed by atoms with van der Waals surface area (Å²) >= 11 is 0. The Morgan fingerprint density at radius 2 is 1.85 bits per heavy atom. The first-order chi connectivity index (χ1) is 16.3. The molecule has 9 heteroatoms. The normalized spacial score (nSPS) is 11.4. The van der Waals surface area contributed by atoms with E-state index in [0.29, 0.717) is 49.7 Å². The van der Waals surface area contributed by atoms with Gasteiger partial charge in [-0.1, -0.05) is 51.5 Å². The first-order valence-electron chi connectivity index (χ1n) is 11.9. The molecule has 0 aliphatic rings. The maximum atomic E-state index is 12.7. The van der Waals surface area contributed by atoms with Gasteiger partial charge in [-0.25, -0.2) is 9.78 Å². The fourth-order valence-electron chi connectivity index (χ4n) is 3.93. The van der Waals surface area contributed by atoms with Gasteiger partial charge in [-0.15, -0.1) is 0 Å². The predicted octanol–water partition coefficient (Wildman–Crippen LogP) is 2.74. The molecule has 0 bridgehead atoms. The molecule has 184 valence electrons. The van der Waals surface area contributed by atoms with E-state index in [1.165, 1.54) is 4.57 Å². The number of carbonyl (C=O) groups excluding carboxylic acids is 1. The van der Waals surface area contributed by atoms with Gasteiger partial charge in [0.15, 0.2) is 11.2 Å². The third-order valence-corrected chi connectivity index (χ3v) is 5.65. The quantitative estimate of drug-likeness (QED) is 0.424. The number of carbonyl (C=O) groups is 1. The van der Waals surface area contributed by atoms with Crippen molar-refractivity contribution in [3.63, 3.8) is 0 Å². The highest BCUT2D eigenvalue weighted by molar-refractivity contribution is 5.76. The van der Waals surface area contributed by atoms with Crippen LogP contribution in [0.1, 0.15) is 57.0 Å². The van der Waals surface area contributed by atoms with Crippen LogP contribution < -0.4 is 16.6 Å². The van der Waals surface area contributed by atoms with Crippen molar-refractivity contribution in [3.8, 4) is 0 Å². The van der Waals surface area contributed by atoms with Gasteiger partial charge in [0.1, 0.15) is 5.82 Å². The average molecular weight is 470 g/mol. The highest BCUT2D eigenvalue weighted by Crippen LogP contribution is 2.16. The monoisotopic (exact) mass is 469 g/mol. The molecule has 0 atom stereocenters. The van der Waals surface area contributed by atoms with Crippen molar-refractivity contribution in [2.24, 2.45) is 5.92 Å². The SMILES string of the molecule is CCCCn1c(=O)[nH]c(=O)c2c1nc(CCC(=O)NCc1ccc(COC)cc1)n2CC(C)C. The summed E-state index contributed by atoms with van der Waals surface area (Å²) in [5, 5.41) is 2.94. The second-order valence-corrected chi connectivity index (χ2v) is 9.00. The Bertz CT molecular complexity index is 1220. The summed E-state index contributed by atoms with van der Waals surface area (Å²) in [5.41, 5.74) is 2.00. The molecule has 3 aromatic rings. The minimum absolute atomic E-state index is 0.0959. The molecule has 0 aliphatic heterocycles. The lowest BCUT2D eigenvalue weighted by Gasteiger charge is -2.12. The van der Waals surface area contributed by atoms with Gasteiger partial charge in [-0.05, 0) is 23.5 Å². The number of benzene rings is 1. The number of amides is 1. The van der Waals surface area contributed by atoms with Crippen molar-refractivity contribution >= 4 is 17.1 Å². The van der Waals surface area contributed by atoms with Crippen LogP contribution in [0.15, 0.2) is 33.9 Å². The molecule has 0 aliphatic carbocycles. The number of hydrogen-bond acceptors (Lipinski definition) is 5. The Hall–Kier alpha value is -3.20. The highest BCUT2D eigenvalue weighted by Gasteiger charge is 2.19. The zero-order chi connectivity index (χ0) is 24.7. The van der Waals surface area contributed by atoms with Crippen molar-refractivity contribution in [1.82, 2.24) is 24.4 Å². The number of aryl methyl sites for hydroxylation is 2. The first-order valence-corrected chi connectivity index (χ1v) is 11.9. The molecule has 34 heavy (non-hydrogen) atoms. The van der Waals surface area contributed by atoms with Gasteiger partial charge < -0.3 is 14.6 Å². The van der Waals surface area contributed by atoms with Gasteiger partial charge in [-0.2, -0.15) is 0 Å². The van der Waals surface area contributed by atoms with Gasteiger partial charge >= 0.3 is 5.69 Å². The standard InChI is InChI=1S/C25H35N5O4/c1-5-6-13-29-23-22(24(32)28-25(29)33)30(15-17(2)3)20(27-23)11-12-21(31)26-14-18-7-9-19(10-8-18)16-34-4/h7-10,17H,5-6,11-16H2,1-4H3,(H,26,31)(H,28,32,33). The van der Waals surface area contributed by atoms with E-state index in [4.69, 9.17) is 4.74 Å². The maximum absolute atomic E-state index is 12.7. The Morgan fingerprint density at radius 3 is 2.50 bits per heavy atom. The predicted molar refractivity (Wildman–Crippen MR) is 132 cm³/mol. The molecule has 0 spiro atoms. The van der Waals surface area contributed by atoms with Gasteiger partial charge in [0, 0.05) is 39.6 Å². The van der Waals surface area contributed by atoms with E-state index in [2.05, 4.69) is 29.1 Å². The molecular formula is C25H35N5O4. The molecule has 0 fully saturated rings. The van der Waals surface area contributed by atoms with E-state index in [9.17, 15) is 14.4 Å². The molecule has 3 rings (SSSR count). The van der Waals surface area contributed by atoms with E-state index in [1.54, 1.807) is 7.11 Å². The lowest BCUT2D eigenvalue weighted by molar-refractivity contribution is -0.121. The highest BCUT2D eigenvalue weighted by atomic mass is 16.5. The molecule has 0 saturated heterocycles. The Morgan fingerprint density at radius 1 is 1.15 bits per heavy atom. The number of unbranched alkanes of at least 4 members (excludes halogenated alkanes) is 1. The molecule has 0 radical (unpaired) electrons. The number of aromatic nitrogens is 4. The lowest BCUT2D eigenvalue weighted by Crippen LogP contribution is -2.31. The Balaban J connectivity index is 1.77. The molecule has 0 unspecified atom stereocenters. The molecule has 2 aromatic heterocycles. The van der Waals surface area contributed by atoms with Crippen LogP contribution in [-0.4, -0.2) is 32.1 Å². The maximum Gasteiger partial charge on any atom is 0.330 e. The Labute approximate surface area is 199 Å². The van der Waals surface area contributed by atoms with Crippen molar-refractivity contribution in [2.45, 2.75) is 72.7 Å². The third kappa shape index (κ3) is 6.22. The van der Waals surface area contributed by atoms with Crippen molar-refractivity contribution in [2.75, 3.05) is 7.11 Å². The average Bonchev–Trinajstić information content (AvgIpc) is 3.15. The van der Waals surface area contributed by atoms with Crippen LogP contribution in [0.2, 0.25) is 0 Å². The van der Waals surface area contributed by atoms with Gasteiger partial charge in [-0.3, -0.25) is 19.1 Å². The fourth-order valence-corrected chi connectivity index (χ4v) is 3.93. The number of H-pyrrole nitrogens is 1. The number of fused-ring (bicyclic) bond motifs is 1. The summed E-state index contributed by atoms with van der Waals surface area (Å²) in [7, 11) is 1.66.